The fraction of sp³-hybridized carbons (Fsp3) is 0.692. The first kappa shape index (κ1) is 13.5. The van der Waals surface area contributed by atoms with Gasteiger partial charge < -0.3 is 10.0 Å². The number of hydrogen-bond donors (Lipinski definition) is 1. The van der Waals surface area contributed by atoms with E-state index in [1.54, 1.807) is 4.90 Å². The fourth-order valence-electron chi connectivity index (χ4n) is 3.00. The maximum atomic E-state index is 12.5. The van der Waals surface area contributed by atoms with Crippen LogP contribution >= 0.6 is 11.5 Å². The van der Waals surface area contributed by atoms with Crippen LogP contribution in [-0.2, 0) is 11.2 Å². The van der Waals surface area contributed by atoms with Gasteiger partial charge in [0.15, 0.2) is 0 Å². The molecule has 0 spiro atoms. The van der Waals surface area contributed by atoms with E-state index in [1.807, 2.05) is 6.92 Å². The highest BCUT2D eigenvalue weighted by Gasteiger charge is 2.47. The Balaban J connectivity index is 1.78. The minimum atomic E-state index is -0.782. The van der Waals surface area contributed by atoms with Crippen molar-refractivity contribution >= 4 is 23.4 Å². The van der Waals surface area contributed by atoms with Crippen LogP contribution in [0.15, 0.2) is 0 Å². The summed E-state index contributed by atoms with van der Waals surface area (Å²) >= 11 is 1.10. The molecule has 6 nitrogen and oxygen atoms in total. The summed E-state index contributed by atoms with van der Waals surface area (Å²) in [5.74, 6) is -0.708. The van der Waals surface area contributed by atoms with Gasteiger partial charge in [-0.2, -0.15) is 0 Å². The predicted molar refractivity (Wildman–Crippen MR) is 72.5 cm³/mol. The second-order valence-electron chi connectivity index (χ2n) is 5.56. The number of rotatable bonds is 4. The molecule has 1 aliphatic heterocycles. The minimum absolute atomic E-state index is 0.105. The Morgan fingerprint density at radius 3 is 2.75 bits per heavy atom. The topological polar surface area (TPSA) is 83.4 Å². The van der Waals surface area contributed by atoms with Crippen LogP contribution in [0.25, 0.3) is 0 Å². The van der Waals surface area contributed by atoms with E-state index in [1.165, 1.54) is 0 Å². The molecule has 0 unspecified atom stereocenters. The maximum Gasteiger partial charge on any atom is 0.308 e. The largest absolute Gasteiger partial charge is 0.481 e. The van der Waals surface area contributed by atoms with Crippen LogP contribution < -0.4 is 0 Å². The Morgan fingerprint density at radius 1 is 1.40 bits per heavy atom. The lowest BCUT2D eigenvalue weighted by Gasteiger charge is -2.15. The maximum absolute atomic E-state index is 12.5. The van der Waals surface area contributed by atoms with Gasteiger partial charge in [0.1, 0.15) is 4.88 Å². The van der Waals surface area contributed by atoms with Gasteiger partial charge in [-0.3, -0.25) is 9.59 Å². The van der Waals surface area contributed by atoms with Crippen LogP contribution in [0.4, 0.5) is 0 Å². The molecule has 1 saturated carbocycles. The van der Waals surface area contributed by atoms with E-state index in [0.29, 0.717) is 36.0 Å². The van der Waals surface area contributed by atoms with Crippen LogP contribution in [0.3, 0.4) is 0 Å². The zero-order valence-corrected chi connectivity index (χ0v) is 12.1. The van der Waals surface area contributed by atoms with E-state index < -0.39 is 11.9 Å². The number of carbonyl (C=O) groups excluding carboxylic acids is 1. The smallest absolute Gasteiger partial charge is 0.308 e. The molecule has 1 aliphatic carbocycles. The summed E-state index contributed by atoms with van der Waals surface area (Å²) in [5, 5.41) is 13.3. The summed E-state index contributed by atoms with van der Waals surface area (Å²) < 4.78 is 3.83. The van der Waals surface area contributed by atoms with Gasteiger partial charge in [0.25, 0.3) is 5.91 Å². The Bertz CT molecular complexity index is 541. The molecule has 0 bridgehead atoms. The summed E-state index contributed by atoms with van der Waals surface area (Å²) in [5.41, 5.74) is 0.710. The van der Waals surface area contributed by atoms with E-state index in [2.05, 4.69) is 9.59 Å². The predicted octanol–water partition coefficient (Wildman–Crippen LogP) is 1.28. The third kappa shape index (κ3) is 2.30. The van der Waals surface area contributed by atoms with E-state index in [0.717, 1.165) is 24.4 Å². The first-order valence-electron chi connectivity index (χ1n) is 6.95. The lowest BCUT2D eigenvalue weighted by molar-refractivity contribution is -0.142. The molecule has 1 aromatic rings. The van der Waals surface area contributed by atoms with Crippen LogP contribution in [0.2, 0.25) is 0 Å². The molecule has 20 heavy (non-hydrogen) atoms. The van der Waals surface area contributed by atoms with E-state index in [9.17, 15) is 14.7 Å². The quantitative estimate of drug-likeness (QED) is 0.904. The SMILES string of the molecule is CCc1nnsc1C(=O)N1C[C@H](C(=O)O)[C@@H](C2CC2)C1. The van der Waals surface area contributed by atoms with Crippen molar-refractivity contribution in [1.29, 1.82) is 0 Å². The van der Waals surface area contributed by atoms with Crippen LogP contribution in [0.5, 0.6) is 0 Å². The molecule has 1 amide bonds. The first-order valence-corrected chi connectivity index (χ1v) is 7.72. The Morgan fingerprint density at radius 2 is 2.15 bits per heavy atom. The van der Waals surface area contributed by atoms with Crippen molar-refractivity contribution in [3.8, 4) is 0 Å². The van der Waals surface area contributed by atoms with E-state index in [-0.39, 0.29) is 11.8 Å². The van der Waals surface area contributed by atoms with Gasteiger partial charge in [-0.1, -0.05) is 11.4 Å². The number of nitrogens with zero attached hydrogens (tertiary/aromatic N) is 3. The molecule has 1 saturated heterocycles. The third-order valence-electron chi connectivity index (χ3n) is 4.28. The summed E-state index contributed by atoms with van der Waals surface area (Å²) in [6.45, 7) is 2.81. The highest BCUT2D eigenvalue weighted by Crippen LogP contribution is 2.44. The zero-order valence-electron chi connectivity index (χ0n) is 11.3. The van der Waals surface area contributed by atoms with Gasteiger partial charge in [0.2, 0.25) is 0 Å². The van der Waals surface area contributed by atoms with Crippen molar-refractivity contribution in [3.05, 3.63) is 10.6 Å². The lowest BCUT2D eigenvalue weighted by atomic mass is 9.92. The fourth-order valence-corrected chi connectivity index (χ4v) is 3.72. The molecule has 2 aliphatic rings. The summed E-state index contributed by atoms with van der Waals surface area (Å²) in [4.78, 5) is 26.1. The molecule has 108 valence electrons. The van der Waals surface area contributed by atoms with Crippen molar-refractivity contribution in [2.45, 2.75) is 26.2 Å². The molecule has 2 fully saturated rings. The van der Waals surface area contributed by atoms with Crippen molar-refractivity contribution in [1.82, 2.24) is 14.5 Å². The number of aromatic nitrogens is 2. The van der Waals surface area contributed by atoms with Crippen molar-refractivity contribution in [2.24, 2.45) is 17.8 Å². The van der Waals surface area contributed by atoms with Crippen molar-refractivity contribution < 1.29 is 14.7 Å². The molecule has 0 radical (unpaired) electrons. The Hall–Kier alpha value is -1.50. The third-order valence-corrected chi connectivity index (χ3v) is 5.04. The number of carboxylic acids is 1. The summed E-state index contributed by atoms with van der Waals surface area (Å²) in [6.07, 6.45) is 2.86. The number of hydrogen-bond acceptors (Lipinski definition) is 5. The van der Waals surface area contributed by atoms with Gasteiger partial charge in [0, 0.05) is 13.1 Å². The van der Waals surface area contributed by atoms with E-state index >= 15 is 0 Å². The second kappa shape index (κ2) is 5.12. The van der Waals surface area contributed by atoms with Gasteiger partial charge in [-0.05, 0) is 42.6 Å². The number of aliphatic carboxylic acids is 1. The van der Waals surface area contributed by atoms with Crippen LogP contribution in [0.1, 0.15) is 35.1 Å². The number of carboxylic acid groups (broad SMARTS) is 1. The highest BCUT2D eigenvalue weighted by atomic mass is 32.1. The highest BCUT2D eigenvalue weighted by molar-refractivity contribution is 7.08. The van der Waals surface area contributed by atoms with Crippen molar-refractivity contribution in [3.63, 3.8) is 0 Å². The number of aryl methyl sites for hydroxylation is 1. The van der Waals surface area contributed by atoms with Gasteiger partial charge in [-0.25, -0.2) is 0 Å². The van der Waals surface area contributed by atoms with Gasteiger partial charge in [0.05, 0.1) is 11.6 Å². The number of carbonyl (C=O) groups is 2. The van der Waals surface area contributed by atoms with Crippen LogP contribution in [0, 0.1) is 17.8 Å². The Kier molecular flexibility index (Phi) is 3.45. The molecule has 2 heterocycles. The van der Waals surface area contributed by atoms with Gasteiger partial charge in [-0.15, -0.1) is 5.10 Å². The molecule has 2 atom stereocenters. The van der Waals surface area contributed by atoms with E-state index in [4.69, 9.17) is 0 Å². The standard InChI is InChI=1S/C13H17N3O3S/c1-2-10-11(20-15-14-10)12(17)16-5-8(7-3-4-7)9(6-16)13(18)19/h7-9H,2-6H2,1H3,(H,18,19)/t8-,9+/m1/s1. The molecular weight excluding hydrogens is 278 g/mol. The van der Waals surface area contributed by atoms with Gasteiger partial charge >= 0.3 is 5.97 Å². The minimum Gasteiger partial charge on any atom is -0.481 e. The number of likely N-dealkylation sites (tertiary alicyclic amines) is 1. The normalized spacial score (nSPS) is 25.9. The average molecular weight is 295 g/mol. The summed E-state index contributed by atoms with van der Waals surface area (Å²) in [7, 11) is 0. The monoisotopic (exact) mass is 295 g/mol. The zero-order chi connectivity index (χ0) is 14.3. The molecule has 0 aromatic carbocycles. The molecule has 7 heteroatoms. The average Bonchev–Trinajstić information content (AvgIpc) is 3.02. The van der Waals surface area contributed by atoms with Crippen molar-refractivity contribution in [2.75, 3.05) is 13.1 Å². The Labute approximate surface area is 121 Å². The van der Waals surface area contributed by atoms with Crippen LogP contribution in [-0.4, -0.2) is 44.6 Å². The molecule has 3 rings (SSSR count). The summed E-state index contributed by atoms with van der Waals surface area (Å²) in [6, 6.07) is 0. The number of amides is 1. The lowest BCUT2D eigenvalue weighted by Crippen LogP contribution is -2.30. The second-order valence-corrected chi connectivity index (χ2v) is 6.31. The first-order chi connectivity index (χ1) is 9.61. The molecule has 1 N–H and O–H groups in total. The molecule has 1 aromatic heterocycles. The molecular formula is C13H17N3O3S.